The molecule has 6 nitrogen and oxygen atoms in total. The van der Waals surface area contributed by atoms with Gasteiger partial charge in [-0.25, -0.2) is 0 Å². The fourth-order valence-corrected chi connectivity index (χ4v) is 10.5. The van der Waals surface area contributed by atoms with Gasteiger partial charge in [0.2, 0.25) is 0 Å². The predicted molar refractivity (Wildman–Crippen MR) is 335 cm³/mol. The van der Waals surface area contributed by atoms with Crippen molar-refractivity contribution in [2.45, 2.75) is 386 Å². The van der Waals surface area contributed by atoms with E-state index in [4.69, 9.17) is 14.2 Å². The molecular weight excluding hydrogens is 949 g/mol. The van der Waals surface area contributed by atoms with Gasteiger partial charge in [-0.3, -0.25) is 14.4 Å². The standard InChI is InChI=1S/C71H132O6/c1-4-7-10-13-16-19-22-25-28-31-33-35-37-38-40-43-46-49-52-55-58-61-64-70(73)76-67-68(66-75-69(72)63-60-57-54-51-48-45-42-30-27-24-21-18-15-12-9-6-3)77-71(74)65-62-59-56-53-50-47-44-41-39-36-34-32-29-26-23-20-17-14-11-8-5-2/h23,26,32,34,39,41,68H,4-22,24-25,27-31,33,35-38,40,42-67H2,1-3H3/b26-23-,34-32-,41-39-. The Morgan fingerprint density at radius 1 is 0.260 bits per heavy atom. The lowest BCUT2D eigenvalue weighted by atomic mass is 10.0. The average molecular weight is 1080 g/mol. The molecule has 0 saturated carbocycles. The highest BCUT2D eigenvalue weighted by Crippen LogP contribution is 2.18. The van der Waals surface area contributed by atoms with Crippen molar-refractivity contribution < 1.29 is 28.6 Å². The van der Waals surface area contributed by atoms with E-state index in [9.17, 15) is 14.4 Å². The van der Waals surface area contributed by atoms with E-state index < -0.39 is 6.10 Å². The number of hydrogen-bond donors (Lipinski definition) is 0. The highest BCUT2D eigenvalue weighted by molar-refractivity contribution is 5.71. The Bertz CT molecular complexity index is 1290. The van der Waals surface area contributed by atoms with Gasteiger partial charge in [0.05, 0.1) is 0 Å². The molecule has 0 bridgehead atoms. The number of ether oxygens (including phenoxy) is 3. The van der Waals surface area contributed by atoms with Crippen molar-refractivity contribution in [3.8, 4) is 0 Å². The molecule has 0 aliphatic carbocycles. The molecule has 6 heteroatoms. The molecule has 0 N–H and O–H groups in total. The summed E-state index contributed by atoms with van der Waals surface area (Å²) in [6.07, 6.45) is 81.6. The minimum Gasteiger partial charge on any atom is -0.462 e. The summed E-state index contributed by atoms with van der Waals surface area (Å²) >= 11 is 0. The van der Waals surface area contributed by atoms with Gasteiger partial charge in [0.1, 0.15) is 13.2 Å². The zero-order valence-corrected chi connectivity index (χ0v) is 52.0. The molecule has 0 rings (SSSR count). The molecule has 0 heterocycles. The summed E-state index contributed by atoms with van der Waals surface area (Å²) in [5, 5.41) is 0. The van der Waals surface area contributed by atoms with E-state index in [1.54, 1.807) is 0 Å². The minimum atomic E-state index is -0.777. The van der Waals surface area contributed by atoms with Crippen LogP contribution in [0.3, 0.4) is 0 Å². The van der Waals surface area contributed by atoms with Crippen LogP contribution in [0.4, 0.5) is 0 Å². The van der Waals surface area contributed by atoms with Gasteiger partial charge in [-0.15, -0.1) is 0 Å². The SMILES string of the molecule is CCCCCCC/C=C\C/C=C\C/C=C\CCCCCCCCC(=O)OC(COC(=O)CCCCCCCCCCCCCCCCCC)COC(=O)CCCCCCCCCCCCCCCCCCCCCCCC. The van der Waals surface area contributed by atoms with Crippen molar-refractivity contribution in [3.63, 3.8) is 0 Å². The second-order valence-corrected chi connectivity index (χ2v) is 23.5. The molecule has 0 aromatic heterocycles. The van der Waals surface area contributed by atoms with Crippen molar-refractivity contribution in [1.29, 1.82) is 0 Å². The number of hydrogen-bond acceptors (Lipinski definition) is 6. The van der Waals surface area contributed by atoms with Crippen LogP contribution in [0.1, 0.15) is 380 Å². The molecule has 0 aliphatic rings. The Hall–Kier alpha value is -2.37. The van der Waals surface area contributed by atoms with Crippen LogP contribution in [-0.4, -0.2) is 37.2 Å². The molecule has 0 aromatic rings. The Labute approximate surface area is 480 Å². The molecule has 0 amide bonds. The van der Waals surface area contributed by atoms with Crippen molar-refractivity contribution in [1.82, 2.24) is 0 Å². The van der Waals surface area contributed by atoms with Gasteiger partial charge in [-0.1, -0.05) is 340 Å². The maximum absolute atomic E-state index is 12.9. The zero-order valence-electron chi connectivity index (χ0n) is 52.0. The summed E-state index contributed by atoms with van der Waals surface area (Å²) in [7, 11) is 0. The Morgan fingerprint density at radius 3 is 0.727 bits per heavy atom. The van der Waals surface area contributed by atoms with Crippen LogP contribution >= 0.6 is 0 Å². The van der Waals surface area contributed by atoms with Crippen LogP contribution in [0.5, 0.6) is 0 Å². The van der Waals surface area contributed by atoms with Gasteiger partial charge in [-0.2, -0.15) is 0 Å². The van der Waals surface area contributed by atoms with Gasteiger partial charge in [0.15, 0.2) is 6.10 Å². The Kier molecular flexibility index (Phi) is 64.1. The quantitative estimate of drug-likeness (QED) is 0.0261. The summed E-state index contributed by atoms with van der Waals surface area (Å²) in [5.41, 5.74) is 0. The summed E-state index contributed by atoms with van der Waals surface area (Å²) in [4.78, 5) is 38.4. The molecule has 452 valence electrons. The maximum Gasteiger partial charge on any atom is 0.306 e. The lowest BCUT2D eigenvalue weighted by Gasteiger charge is -2.18. The predicted octanol–water partition coefficient (Wildman–Crippen LogP) is 23.6. The number of carbonyl (C=O) groups is 3. The molecule has 0 radical (unpaired) electrons. The molecule has 1 unspecified atom stereocenters. The summed E-state index contributed by atoms with van der Waals surface area (Å²) < 4.78 is 17.0. The molecular formula is C71H132O6. The van der Waals surface area contributed by atoms with Crippen LogP contribution < -0.4 is 0 Å². The number of allylic oxidation sites excluding steroid dienone is 6. The van der Waals surface area contributed by atoms with E-state index in [1.165, 1.54) is 263 Å². The first-order chi connectivity index (χ1) is 38.0. The van der Waals surface area contributed by atoms with E-state index in [2.05, 4.69) is 57.2 Å². The number of rotatable bonds is 64. The topological polar surface area (TPSA) is 78.9 Å². The van der Waals surface area contributed by atoms with E-state index in [1.807, 2.05) is 0 Å². The molecule has 0 aromatic carbocycles. The lowest BCUT2D eigenvalue weighted by Crippen LogP contribution is -2.30. The molecule has 77 heavy (non-hydrogen) atoms. The van der Waals surface area contributed by atoms with Crippen molar-refractivity contribution in [2.75, 3.05) is 13.2 Å². The van der Waals surface area contributed by atoms with Gasteiger partial charge >= 0.3 is 17.9 Å². The van der Waals surface area contributed by atoms with Gasteiger partial charge < -0.3 is 14.2 Å². The second-order valence-electron chi connectivity index (χ2n) is 23.5. The third-order valence-electron chi connectivity index (χ3n) is 15.6. The summed E-state index contributed by atoms with van der Waals surface area (Å²) in [6, 6.07) is 0. The van der Waals surface area contributed by atoms with E-state index in [0.29, 0.717) is 19.3 Å². The van der Waals surface area contributed by atoms with Crippen LogP contribution in [-0.2, 0) is 28.6 Å². The highest BCUT2D eigenvalue weighted by atomic mass is 16.6. The third kappa shape index (κ3) is 64.3. The first kappa shape index (κ1) is 74.6. The molecule has 0 spiro atoms. The van der Waals surface area contributed by atoms with E-state index in [-0.39, 0.29) is 31.1 Å². The first-order valence-electron chi connectivity index (χ1n) is 34.5. The van der Waals surface area contributed by atoms with Gasteiger partial charge in [0, 0.05) is 19.3 Å². The normalized spacial score (nSPS) is 12.2. The van der Waals surface area contributed by atoms with Gasteiger partial charge in [0.25, 0.3) is 0 Å². The van der Waals surface area contributed by atoms with Crippen LogP contribution in [0.15, 0.2) is 36.5 Å². The summed E-state index contributed by atoms with van der Waals surface area (Å²) in [6.45, 7) is 6.70. The summed E-state index contributed by atoms with van der Waals surface area (Å²) in [5.74, 6) is -0.854. The van der Waals surface area contributed by atoms with Gasteiger partial charge in [-0.05, 0) is 57.8 Å². The fraction of sp³-hybridized carbons (Fsp3) is 0.873. The molecule has 0 saturated heterocycles. The van der Waals surface area contributed by atoms with E-state index in [0.717, 1.165) is 77.0 Å². The number of carbonyl (C=O) groups excluding carboxylic acids is 3. The largest absolute Gasteiger partial charge is 0.462 e. The number of unbranched alkanes of at least 4 members (excludes halogenated alkanes) is 47. The molecule has 1 atom stereocenters. The Morgan fingerprint density at radius 2 is 0.468 bits per heavy atom. The van der Waals surface area contributed by atoms with Crippen LogP contribution in [0.2, 0.25) is 0 Å². The van der Waals surface area contributed by atoms with Crippen molar-refractivity contribution in [2.24, 2.45) is 0 Å². The van der Waals surface area contributed by atoms with Crippen molar-refractivity contribution in [3.05, 3.63) is 36.5 Å². The third-order valence-corrected chi connectivity index (χ3v) is 15.6. The fourth-order valence-electron chi connectivity index (χ4n) is 10.5. The molecule has 0 aliphatic heterocycles. The smallest absolute Gasteiger partial charge is 0.306 e. The average Bonchev–Trinajstić information content (AvgIpc) is 3.43. The monoisotopic (exact) mass is 1080 g/mol. The highest BCUT2D eigenvalue weighted by Gasteiger charge is 2.19. The van der Waals surface area contributed by atoms with Crippen LogP contribution in [0.25, 0.3) is 0 Å². The minimum absolute atomic E-state index is 0.0718. The lowest BCUT2D eigenvalue weighted by molar-refractivity contribution is -0.167. The first-order valence-corrected chi connectivity index (χ1v) is 34.5. The Balaban J connectivity index is 4.32. The zero-order chi connectivity index (χ0) is 55.7. The maximum atomic E-state index is 12.9. The van der Waals surface area contributed by atoms with Crippen molar-refractivity contribution >= 4 is 17.9 Å². The van der Waals surface area contributed by atoms with E-state index >= 15 is 0 Å². The number of esters is 3. The molecule has 0 fully saturated rings. The second kappa shape index (κ2) is 66.1. The van der Waals surface area contributed by atoms with Crippen LogP contribution in [0, 0.1) is 0 Å².